The number of amides is 7. The Morgan fingerprint density at radius 2 is 0.825 bits per heavy atom. The standard InChI is InChI=1S/C37H55N7O13/c38-34(54)25(12-4-7-21-39-28(45)15-18-31(48)49)42-36(56)27(14-6-9-23-41-30(47)17-20-33(52)53)44-37(57)26(43-35(55)24-10-2-1-3-11-24)13-5-8-22-40-29(46)16-19-32(50)51/h1-3,10-11,25-27H,4-9,12-23H2,(H2,38,54)(H,39,45)(H,40,46)(H,41,47)(H,42,56)(H,43,55)(H,44,57)(H,48,49)(H,50,51)(H,52,53)/t25-,26-,27-/m0/s1. The molecule has 0 spiro atoms. The van der Waals surface area contributed by atoms with Crippen molar-refractivity contribution < 1.29 is 63.3 Å². The normalized spacial score (nSPS) is 12.1. The van der Waals surface area contributed by atoms with Crippen molar-refractivity contribution in [2.75, 3.05) is 19.6 Å². The Kier molecular flexibility index (Phi) is 24.3. The number of benzene rings is 1. The van der Waals surface area contributed by atoms with Gasteiger partial charge in [0.05, 0.1) is 19.3 Å². The van der Waals surface area contributed by atoms with Gasteiger partial charge in [-0.25, -0.2) is 0 Å². The first-order valence-electron chi connectivity index (χ1n) is 18.8. The summed E-state index contributed by atoms with van der Waals surface area (Å²) in [6, 6.07) is 4.53. The lowest BCUT2D eigenvalue weighted by atomic mass is 10.0. The van der Waals surface area contributed by atoms with E-state index in [1.807, 2.05) is 0 Å². The summed E-state index contributed by atoms with van der Waals surface area (Å²) in [6.45, 7) is 0.527. The number of hydrogen-bond donors (Lipinski definition) is 10. The van der Waals surface area contributed by atoms with E-state index in [0.717, 1.165) is 0 Å². The summed E-state index contributed by atoms with van der Waals surface area (Å²) >= 11 is 0. The van der Waals surface area contributed by atoms with Gasteiger partial charge in [-0.15, -0.1) is 0 Å². The van der Waals surface area contributed by atoms with Gasteiger partial charge in [-0.3, -0.25) is 47.9 Å². The molecule has 0 fully saturated rings. The molecule has 0 heterocycles. The monoisotopic (exact) mass is 805 g/mol. The highest BCUT2D eigenvalue weighted by molar-refractivity contribution is 5.98. The van der Waals surface area contributed by atoms with Crippen molar-refractivity contribution in [1.29, 1.82) is 0 Å². The van der Waals surface area contributed by atoms with Crippen LogP contribution in [0.25, 0.3) is 0 Å². The molecule has 0 unspecified atom stereocenters. The number of nitrogens with one attached hydrogen (secondary N) is 6. The third-order valence-corrected chi connectivity index (χ3v) is 8.37. The van der Waals surface area contributed by atoms with Crippen LogP contribution in [-0.2, 0) is 43.2 Å². The molecule has 3 atom stereocenters. The number of hydrogen-bond acceptors (Lipinski definition) is 10. The van der Waals surface area contributed by atoms with Crippen LogP contribution in [0.2, 0.25) is 0 Å². The van der Waals surface area contributed by atoms with Crippen molar-refractivity contribution >= 4 is 59.3 Å². The molecule has 0 bridgehead atoms. The molecule has 0 saturated carbocycles. The molecule has 7 amide bonds. The molecule has 0 aliphatic rings. The van der Waals surface area contributed by atoms with E-state index in [-0.39, 0.29) is 89.4 Å². The minimum atomic E-state index is -1.24. The van der Waals surface area contributed by atoms with E-state index in [2.05, 4.69) is 31.9 Å². The second kappa shape index (κ2) is 28.3. The number of nitrogens with two attached hydrogens (primary N) is 1. The summed E-state index contributed by atoms with van der Waals surface area (Å²) in [5, 5.41) is 41.9. The molecule has 0 aliphatic heterocycles. The minimum absolute atomic E-state index is 0.0259. The van der Waals surface area contributed by atoms with Crippen LogP contribution in [0.5, 0.6) is 0 Å². The summed E-state index contributed by atoms with van der Waals surface area (Å²) < 4.78 is 0. The fraction of sp³-hybridized carbons (Fsp3) is 0.568. The third kappa shape index (κ3) is 24.1. The van der Waals surface area contributed by atoms with Gasteiger partial charge in [0.15, 0.2) is 0 Å². The van der Waals surface area contributed by atoms with Gasteiger partial charge in [0.1, 0.15) is 18.1 Å². The summed E-state index contributed by atoms with van der Waals surface area (Å²) in [4.78, 5) is 120. The lowest BCUT2D eigenvalue weighted by molar-refractivity contribution is -0.139. The van der Waals surface area contributed by atoms with Gasteiger partial charge in [-0.2, -0.15) is 0 Å². The quantitative estimate of drug-likeness (QED) is 0.0431. The summed E-state index contributed by atoms with van der Waals surface area (Å²) in [5.41, 5.74) is 5.84. The van der Waals surface area contributed by atoms with Crippen molar-refractivity contribution in [3.05, 3.63) is 35.9 Å². The zero-order chi connectivity index (χ0) is 42.6. The first-order valence-corrected chi connectivity index (χ1v) is 18.8. The predicted molar refractivity (Wildman–Crippen MR) is 202 cm³/mol. The lowest BCUT2D eigenvalue weighted by Gasteiger charge is -2.25. The Labute approximate surface area is 329 Å². The number of carbonyl (C=O) groups is 10. The Morgan fingerprint density at radius 1 is 0.474 bits per heavy atom. The van der Waals surface area contributed by atoms with E-state index in [0.29, 0.717) is 32.1 Å². The van der Waals surface area contributed by atoms with Gasteiger partial charge >= 0.3 is 17.9 Å². The fourth-order valence-corrected chi connectivity index (χ4v) is 5.23. The zero-order valence-corrected chi connectivity index (χ0v) is 31.8. The Hall–Kier alpha value is -6.08. The van der Waals surface area contributed by atoms with Gasteiger partial charge in [0.2, 0.25) is 35.4 Å². The topological polar surface area (TPSA) is 330 Å². The van der Waals surface area contributed by atoms with Crippen LogP contribution in [0.15, 0.2) is 30.3 Å². The second-order valence-corrected chi connectivity index (χ2v) is 13.1. The van der Waals surface area contributed by atoms with E-state index in [4.69, 9.17) is 21.1 Å². The van der Waals surface area contributed by atoms with Crippen LogP contribution in [0.4, 0.5) is 0 Å². The molecule has 0 radical (unpaired) electrons. The molecule has 20 nitrogen and oxygen atoms in total. The molecular weight excluding hydrogens is 750 g/mol. The maximum Gasteiger partial charge on any atom is 0.303 e. The maximum absolute atomic E-state index is 13.8. The number of carbonyl (C=O) groups excluding carboxylic acids is 7. The van der Waals surface area contributed by atoms with Gasteiger partial charge in [-0.05, 0) is 69.9 Å². The van der Waals surface area contributed by atoms with Gasteiger partial charge < -0.3 is 53.0 Å². The molecule has 57 heavy (non-hydrogen) atoms. The van der Waals surface area contributed by atoms with Crippen LogP contribution in [0.1, 0.15) is 107 Å². The molecule has 0 saturated heterocycles. The predicted octanol–water partition coefficient (Wildman–Crippen LogP) is -0.306. The third-order valence-electron chi connectivity index (χ3n) is 8.37. The van der Waals surface area contributed by atoms with E-state index in [1.54, 1.807) is 30.3 Å². The van der Waals surface area contributed by atoms with Gasteiger partial charge in [-0.1, -0.05) is 18.2 Å². The fourth-order valence-electron chi connectivity index (χ4n) is 5.23. The summed E-state index contributed by atoms with van der Waals surface area (Å²) in [6.07, 6.45) is 0.637. The second-order valence-electron chi connectivity index (χ2n) is 13.1. The van der Waals surface area contributed by atoms with Gasteiger partial charge in [0, 0.05) is 44.5 Å². The molecular formula is C37H55N7O13. The Bertz CT molecular complexity index is 1520. The Morgan fingerprint density at radius 3 is 1.19 bits per heavy atom. The van der Waals surface area contributed by atoms with E-state index in [1.165, 1.54) is 0 Å². The number of aliphatic carboxylic acids is 3. The molecule has 0 aromatic heterocycles. The highest BCUT2D eigenvalue weighted by Gasteiger charge is 2.29. The molecule has 1 aromatic carbocycles. The molecule has 316 valence electrons. The molecule has 0 aliphatic carbocycles. The maximum atomic E-state index is 13.8. The highest BCUT2D eigenvalue weighted by atomic mass is 16.4. The number of unbranched alkanes of at least 4 members (excludes halogenated alkanes) is 3. The first kappa shape index (κ1) is 48.9. The number of rotatable bonds is 31. The van der Waals surface area contributed by atoms with E-state index >= 15 is 0 Å². The molecule has 1 rings (SSSR count). The van der Waals surface area contributed by atoms with Crippen LogP contribution in [0.3, 0.4) is 0 Å². The van der Waals surface area contributed by atoms with Crippen molar-refractivity contribution in [3.8, 4) is 0 Å². The molecule has 1 aromatic rings. The smallest absolute Gasteiger partial charge is 0.303 e. The number of carboxylic acid groups (broad SMARTS) is 3. The van der Waals surface area contributed by atoms with Crippen molar-refractivity contribution in [2.24, 2.45) is 5.73 Å². The van der Waals surface area contributed by atoms with Crippen molar-refractivity contribution in [3.63, 3.8) is 0 Å². The molecule has 20 heteroatoms. The minimum Gasteiger partial charge on any atom is -0.481 e. The zero-order valence-electron chi connectivity index (χ0n) is 31.8. The number of primary amides is 1. The first-order chi connectivity index (χ1) is 27.1. The molecule has 11 N–H and O–H groups in total. The van der Waals surface area contributed by atoms with Gasteiger partial charge in [0.25, 0.3) is 5.91 Å². The Balaban J connectivity index is 3.03. The van der Waals surface area contributed by atoms with E-state index in [9.17, 15) is 47.9 Å². The highest BCUT2D eigenvalue weighted by Crippen LogP contribution is 2.09. The average Bonchev–Trinajstić information content (AvgIpc) is 3.16. The van der Waals surface area contributed by atoms with Crippen molar-refractivity contribution in [2.45, 2.75) is 114 Å². The largest absolute Gasteiger partial charge is 0.481 e. The van der Waals surface area contributed by atoms with Crippen LogP contribution in [-0.4, -0.2) is 112 Å². The lowest BCUT2D eigenvalue weighted by Crippen LogP contribution is -2.56. The van der Waals surface area contributed by atoms with Crippen molar-refractivity contribution in [1.82, 2.24) is 31.9 Å². The average molecular weight is 806 g/mol. The van der Waals surface area contributed by atoms with Crippen LogP contribution >= 0.6 is 0 Å². The summed E-state index contributed by atoms with van der Waals surface area (Å²) in [7, 11) is 0. The number of carboxylic acids is 3. The van der Waals surface area contributed by atoms with E-state index < -0.39 is 77.4 Å². The summed E-state index contributed by atoms with van der Waals surface area (Å²) in [5.74, 6) is -7.61. The SMILES string of the molecule is NC(=O)[C@H](CCCCNC(=O)CCC(=O)O)NC(=O)[C@H](CCCCNC(=O)CCC(=O)O)NC(=O)[C@H](CCCCNC(=O)CCC(=O)O)NC(=O)c1ccccc1. The van der Waals surface area contributed by atoms with Crippen LogP contribution in [0, 0.1) is 0 Å². The van der Waals surface area contributed by atoms with Crippen LogP contribution < -0.4 is 37.6 Å².